The lowest BCUT2D eigenvalue weighted by atomic mass is 10.2. The van der Waals surface area contributed by atoms with Gasteiger partial charge in [0.25, 0.3) is 5.91 Å². The predicted molar refractivity (Wildman–Crippen MR) is 100 cm³/mol. The molecule has 4 rings (SSSR count). The Kier molecular flexibility index (Phi) is 4.52. The van der Waals surface area contributed by atoms with E-state index in [2.05, 4.69) is 15.3 Å². The number of carbonyl (C=O) groups excluding carboxylic acids is 1. The molecule has 126 valence electrons. The van der Waals surface area contributed by atoms with E-state index in [9.17, 15) is 4.79 Å². The van der Waals surface area contributed by atoms with E-state index < -0.39 is 0 Å². The maximum atomic E-state index is 12.6. The number of rotatable bonds is 4. The van der Waals surface area contributed by atoms with Gasteiger partial charge in [0.1, 0.15) is 6.10 Å². The van der Waals surface area contributed by atoms with E-state index >= 15 is 0 Å². The number of amides is 1. The minimum Gasteiger partial charge on any atom is -0.473 e. The van der Waals surface area contributed by atoms with Crippen LogP contribution in [0.5, 0.6) is 5.88 Å². The average Bonchev–Trinajstić information content (AvgIpc) is 3.15. The highest BCUT2D eigenvalue weighted by Crippen LogP contribution is 2.24. The van der Waals surface area contributed by atoms with Gasteiger partial charge >= 0.3 is 0 Å². The van der Waals surface area contributed by atoms with Crippen molar-refractivity contribution in [2.75, 3.05) is 16.8 Å². The van der Waals surface area contributed by atoms with Crippen LogP contribution in [-0.2, 0) is 0 Å². The summed E-state index contributed by atoms with van der Waals surface area (Å²) in [6.45, 7) is 0. The van der Waals surface area contributed by atoms with E-state index in [0.717, 1.165) is 28.8 Å². The van der Waals surface area contributed by atoms with E-state index in [1.54, 1.807) is 24.5 Å². The zero-order chi connectivity index (χ0) is 17.1. The Morgan fingerprint density at radius 1 is 1.16 bits per heavy atom. The van der Waals surface area contributed by atoms with Crippen molar-refractivity contribution in [2.24, 2.45) is 0 Å². The van der Waals surface area contributed by atoms with Crippen molar-refractivity contribution in [3.8, 4) is 5.88 Å². The number of aromatic nitrogens is 2. The maximum Gasteiger partial charge on any atom is 0.255 e. The second-order valence-corrected chi connectivity index (χ2v) is 6.97. The molecule has 3 aromatic rings. The number of ether oxygens (including phenoxy) is 1. The van der Waals surface area contributed by atoms with Crippen LogP contribution in [0.2, 0.25) is 0 Å². The smallest absolute Gasteiger partial charge is 0.255 e. The number of nitrogens with one attached hydrogen (secondary N) is 1. The Labute approximate surface area is 149 Å². The molecule has 1 aliphatic rings. The Bertz CT molecular complexity index is 905. The number of hydrogen-bond acceptors (Lipinski definition) is 5. The van der Waals surface area contributed by atoms with Crippen LogP contribution in [0, 0.1) is 0 Å². The zero-order valence-electron chi connectivity index (χ0n) is 13.5. The third-order valence-corrected chi connectivity index (χ3v) is 5.19. The molecule has 0 bridgehead atoms. The summed E-state index contributed by atoms with van der Waals surface area (Å²) in [4.78, 5) is 21.2. The van der Waals surface area contributed by atoms with E-state index in [1.165, 1.54) is 0 Å². The molecule has 5 nitrogen and oxygen atoms in total. The van der Waals surface area contributed by atoms with Crippen LogP contribution >= 0.6 is 11.8 Å². The summed E-state index contributed by atoms with van der Waals surface area (Å²) in [6.07, 6.45) is 4.52. The fourth-order valence-electron chi connectivity index (χ4n) is 2.79. The lowest BCUT2D eigenvalue weighted by Gasteiger charge is -2.12. The molecule has 0 radical (unpaired) electrons. The molecule has 0 saturated carbocycles. The normalized spacial score (nSPS) is 16.7. The number of benzene rings is 1. The Hall–Kier alpha value is -2.60. The average molecular weight is 351 g/mol. The van der Waals surface area contributed by atoms with Crippen molar-refractivity contribution in [3.05, 3.63) is 60.4 Å². The van der Waals surface area contributed by atoms with Gasteiger partial charge in [0, 0.05) is 35.2 Å². The first kappa shape index (κ1) is 15.9. The molecule has 0 aliphatic carbocycles. The number of para-hydroxylation sites is 1. The number of pyridine rings is 2. The first-order valence-electron chi connectivity index (χ1n) is 8.15. The van der Waals surface area contributed by atoms with Gasteiger partial charge in [0.15, 0.2) is 0 Å². The molecule has 0 spiro atoms. The summed E-state index contributed by atoms with van der Waals surface area (Å²) in [5.74, 6) is 2.38. The third kappa shape index (κ3) is 3.58. The molecule has 3 heterocycles. The molecular weight excluding hydrogens is 334 g/mol. The summed E-state index contributed by atoms with van der Waals surface area (Å²) < 4.78 is 5.86. The second-order valence-electron chi connectivity index (χ2n) is 5.82. The summed E-state index contributed by atoms with van der Waals surface area (Å²) in [7, 11) is 0. The Balaban J connectivity index is 1.54. The van der Waals surface area contributed by atoms with Gasteiger partial charge in [-0.25, -0.2) is 4.98 Å². The van der Waals surface area contributed by atoms with Crippen LogP contribution in [0.4, 0.5) is 5.69 Å². The highest BCUT2D eigenvalue weighted by atomic mass is 32.2. The lowest BCUT2D eigenvalue weighted by molar-refractivity contribution is 0.102. The molecule has 2 aromatic heterocycles. The van der Waals surface area contributed by atoms with Gasteiger partial charge in [-0.1, -0.05) is 18.2 Å². The van der Waals surface area contributed by atoms with Gasteiger partial charge in [-0.3, -0.25) is 9.78 Å². The standard InChI is InChI=1S/C19H17N3O2S/c23-19(22-16-5-1-3-13-4-2-8-21-18(13)16)14-6-9-20-17(11-14)24-15-7-10-25-12-15/h1-6,8-9,11,15H,7,10,12H2,(H,22,23). The van der Waals surface area contributed by atoms with E-state index in [4.69, 9.17) is 4.74 Å². The summed E-state index contributed by atoms with van der Waals surface area (Å²) >= 11 is 1.88. The molecule has 1 saturated heterocycles. The van der Waals surface area contributed by atoms with Gasteiger partial charge in [-0.2, -0.15) is 11.8 Å². The minimum atomic E-state index is -0.203. The largest absolute Gasteiger partial charge is 0.473 e. The van der Waals surface area contributed by atoms with Gasteiger partial charge < -0.3 is 10.1 Å². The molecule has 1 atom stereocenters. The molecule has 1 N–H and O–H groups in total. The van der Waals surface area contributed by atoms with Crippen LogP contribution in [0.15, 0.2) is 54.9 Å². The lowest BCUT2D eigenvalue weighted by Crippen LogP contribution is -2.17. The van der Waals surface area contributed by atoms with Crippen LogP contribution in [0.1, 0.15) is 16.8 Å². The molecule has 1 amide bonds. The molecule has 1 fully saturated rings. The van der Waals surface area contributed by atoms with Crippen molar-refractivity contribution in [3.63, 3.8) is 0 Å². The van der Waals surface area contributed by atoms with Gasteiger partial charge in [0.2, 0.25) is 5.88 Å². The summed E-state index contributed by atoms with van der Waals surface area (Å²) in [5, 5.41) is 3.92. The topological polar surface area (TPSA) is 64.1 Å². The van der Waals surface area contributed by atoms with Gasteiger partial charge in [-0.15, -0.1) is 0 Å². The van der Waals surface area contributed by atoms with Gasteiger partial charge in [-0.05, 0) is 30.4 Å². The SMILES string of the molecule is O=C(Nc1cccc2cccnc12)c1ccnc(OC2CCSC2)c1. The number of fused-ring (bicyclic) bond motifs is 1. The highest BCUT2D eigenvalue weighted by Gasteiger charge is 2.18. The quantitative estimate of drug-likeness (QED) is 0.775. The second kappa shape index (κ2) is 7.11. The zero-order valence-corrected chi connectivity index (χ0v) is 14.3. The fourth-order valence-corrected chi connectivity index (χ4v) is 3.89. The third-order valence-electron chi connectivity index (χ3n) is 4.05. The van der Waals surface area contributed by atoms with Crippen molar-refractivity contribution in [1.29, 1.82) is 0 Å². The monoisotopic (exact) mass is 351 g/mol. The number of carbonyl (C=O) groups is 1. The van der Waals surface area contributed by atoms with Gasteiger partial charge in [0.05, 0.1) is 11.2 Å². The van der Waals surface area contributed by atoms with Crippen molar-refractivity contribution < 1.29 is 9.53 Å². The molecule has 25 heavy (non-hydrogen) atoms. The Morgan fingerprint density at radius 2 is 2.08 bits per heavy atom. The van der Waals surface area contributed by atoms with Crippen LogP contribution < -0.4 is 10.1 Å². The number of hydrogen-bond donors (Lipinski definition) is 1. The van der Waals surface area contributed by atoms with E-state index in [0.29, 0.717) is 17.1 Å². The number of anilines is 1. The highest BCUT2D eigenvalue weighted by molar-refractivity contribution is 7.99. The molecule has 1 aliphatic heterocycles. The van der Waals surface area contributed by atoms with Crippen molar-refractivity contribution in [1.82, 2.24) is 9.97 Å². The molecule has 1 aromatic carbocycles. The molecular formula is C19H17N3O2S. The van der Waals surface area contributed by atoms with Crippen molar-refractivity contribution >= 4 is 34.3 Å². The van der Waals surface area contributed by atoms with Crippen molar-refractivity contribution in [2.45, 2.75) is 12.5 Å². The maximum absolute atomic E-state index is 12.6. The number of nitrogens with zero attached hydrogens (tertiary/aromatic N) is 2. The summed E-state index contributed by atoms with van der Waals surface area (Å²) in [6, 6.07) is 12.9. The van der Waals surface area contributed by atoms with E-state index in [1.807, 2.05) is 42.1 Å². The fraction of sp³-hybridized carbons (Fsp3) is 0.211. The first-order chi connectivity index (χ1) is 12.3. The Morgan fingerprint density at radius 3 is 2.96 bits per heavy atom. The van der Waals surface area contributed by atoms with Crippen LogP contribution in [0.3, 0.4) is 0 Å². The predicted octanol–water partition coefficient (Wildman–Crippen LogP) is 3.77. The van der Waals surface area contributed by atoms with E-state index in [-0.39, 0.29) is 12.0 Å². The first-order valence-corrected chi connectivity index (χ1v) is 9.30. The minimum absolute atomic E-state index is 0.179. The van der Waals surface area contributed by atoms with Crippen LogP contribution in [0.25, 0.3) is 10.9 Å². The summed E-state index contributed by atoms with van der Waals surface area (Å²) in [5.41, 5.74) is 1.98. The number of thioether (sulfide) groups is 1. The molecule has 1 unspecified atom stereocenters. The van der Waals surface area contributed by atoms with Crippen LogP contribution in [-0.4, -0.2) is 33.5 Å². The molecule has 6 heteroatoms.